The number of nitrogens with zero attached hydrogens (tertiary/aromatic N) is 3. The summed E-state index contributed by atoms with van der Waals surface area (Å²) in [4.78, 5) is 33.0. The third-order valence-corrected chi connectivity index (χ3v) is 7.28. The van der Waals surface area contributed by atoms with Gasteiger partial charge >= 0.3 is 0 Å². The van der Waals surface area contributed by atoms with Crippen LogP contribution in [0.1, 0.15) is 50.9 Å². The Morgan fingerprint density at radius 2 is 1.50 bits per heavy atom. The molecule has 2 aliphatic heterocycles. The summed E-state index contributed by atoms with van der Waals surface area (Å²) in [7, 11) is 1.70. The SMILES string of the molecule is COc1ccccc1N1CCN(c2ccc(NC(=O)C(C)(C)C)cc2C(=O)N2CCC(C)CC2)CC1. The topological polar surface area (TPSA) is 65.1 Å². The van der Waals surface area contributed by atoms with Crippen molar-refractivity contribution in [1.82, 2.24) is 4.90 Å². The normalized spacial score (nSPS) is 17.2. The molecule has 0 radical (unpaired) electrons. The van der Waals surface area contributed by atoms with Crippen molar-refractivity contribution < 1.29 is 14.3 Å². The minimum absolute atomic E-state index is 0.0518. The van der Waals surface area contributed by atoms with Crippen LogP contribution in [-0.2, 0) is 4.79 Å². The highest BCUT2D eigenvalue weighted by atomic mass is 16.5. The number of ether oxygens (including phenoxy) is 1. The van der Waals surface area contributed by atoms with Crippen LogP contribution in [-0.4, -0.2) is 63.1 Å². The molecule has 0 atom stereocenters. The van der Waals surface area contributed by atoms with Gasteiger partial charge in [0.25, 0.3) is 5.91 Å². The van der Waals surface area contributed by atoms with E-state index in [4.69, 9.17) is 4.74 Å². The van der Waals surface area contributed by atoms with Crippen molar-refractivity contribution in [3.8, 4) is 5.75 Å². The van der Waals surface area contributed by atoms with Gasteiger partial charge in [-0.25, -0.2) is 0 Å². The number of nitrogens with one attached hydrogen (secondary N) is 1. The van der Waals surface area contributed by atoms with E-state index in [0.717, 1.165) is 69.2 Å². The summed E-state index contributed by atoms with van der Waals surface area (Å²) in [6.07, 6.45) is 2.05. The minimum atomic E-state index is -0.513. The molecule has 0 unspecified atom stereocenters. The van der Waals surface area contributed by atoms with Crippen LogP contribution in [0.15, 0.2) is 42.5 Å². The molecule has 7 nitrogen and oxygen atoms in total. The van der Waals surface area contributed by atoms with Gasteiger partial charge in [0.1, 0.15) is 5.75 Å². The van der Waals surface area contributed by atoms with Crippen molar-refractivity contribution in [2.24, 2.45) is 11.3 Å². The van der Waals surface area contributed by atoms with Gasteiger partial charge in [0, 0.05) is 56.1 Å². The van der Waals surface area contributed by atoms with Crippen LogP contribution >= 0.6 is 0 Å². The number of rotatable bonds is 5. The summed E-state index contributed by atoms with van der Waals surface area (Å²) in [6.45, 7) is 12.7. The second-order valence-electron chi connectivity index (χ2n) is 11.1. The standard InChI is InChI=1S/C29H40N4O3/c1-21-12-14-33(15-13-21)27(34)23-20-22(30-28(35)29(2,3)4)10-11-24(23)31-16-18-32(19-17-31)25-8-6-7-9-26(25)36-5/h6-11,20-21H,12-19H2,1-5H3,(H,30,35). The molecule has 2 saturated heterocycles. The third kappa shape index (κ3) is 5.77. The van der Waals surface area contributed by atoms with Gasteiger partial charge in [-0.2, -0.15) is 0 Å². The highest BCUT2D eigenvalue weighted by molar-refractivity contribution is 6.02. The van der Waals surface area contributed by atoms with Crippen molar-refractivity contribution in [1.29, 1.82) is 0 Å². The third-order valence-electron chi connectivity index (χ3n) is 7.28. The number of para-hydroxylation sites is 2. The zero-order chi connectivity index (χ0) is 25.9. The Morgan fingerprint density at radius 3 is 2.11 bits per heavy atom. The molecule has 2 aromatic rings. The van der Waals surface area contributed by atoms with Gasteiger partial charge in [-0.1, -0.05) is 39.8 Å². The molecule has 2 aromatic carbocycles. The van der Waals surface area contributed by atoms with Gasteiger partial charge in [0.15, 0.2) is 0 Å². The Balaban J connectivity index is 1.57. The summed E-state index contributed by atoms with van der Waals surface area (Å²) < 4.78 is 5.56. The molecule has 0 saturated carbocycles. The van der Waals surface area contributed by atoms with E-state index in [0.29, 0.717) is 17.2 Å². The molecule has 0 spiro atoms. The first kappa shape index (κ1) is 25.9. The Labute approximate surface area is 215 Å². The van der Waals surface area contributed by atoms with Crippen molar-refractivity contribution in [2.75, 3.05) is 61.5 Å². The van der Waals surface area contributed by atoms with E-state index in [2.05, 4.69) is 28.1 Å². The predicted molar refractivity (Wildman–Crippen MR) is 146 cm³/mol. The van der Waals surface area contributed by atoms with Gasteiger partial charge in [-0.15, -0.1) is 0 Å². The van der Waals surface area contributed by atoms with Crippen LogP contribution in [0.25, 0.3) is 0 Å². The lowest BCUT2D eigenvalue weighted by molar-refractivity contribution is -0.123. The summed E-state index contributed by atoms with van der Waals surface area (Å²) in [6, 6.07) is 13.9. The van der Waals surface area contributed by atoms with Crippen LogP contribution in [0.2, 0.25) is 0 Å². The summed E-state index contributed by atoms with van der Waals surface area (Å²) in [5.74, 6) is 1.51. The lowest BCUT2D eigenvalue weighted by Gasteiger charge is -2.39. The van der Waals surface area contributed by atoms with Crippen LogP contribution in [0.3, 0.4) is 0 Å². The largest absolute Gasteiger partial charge is 0.495 e. The minimum Gasteiger partial charge on any atom is -0.495 e. The number of carbonyl (C=O) groups excluding carboxylic acids is 2. The highest BCUT2D eigenvalue weighted by Gasteiger charge is 2.28. The van der Waals surface area contributed by atoms with Crippen LogP contribution in [0.5, 0.6) is 5.75 Å². The lowest BCUT2D eigenvalue weighted by Crippen LogP contribution is -2.47. The van der Waals surface area contributed by atoms with Gasteiger partial charge < -0.3 is 24.8 Å². The number of hydrogen-bond donors (Lipinski definition) is 1. The molecule has 7 heteroatoms. The Morgan fingerprint density at radius 1 is 0.889 bits per heavy atom. The number of anilines is 3. The molecule has 2 heterocycles. The first-order valence-electron chi connectivity index (χ1n) is 13.0. The van der Waals surface area contributed by atoms with E-state index in [-0.39, 0.29) is 11.8 Å². The van der Waals surface area contributed by atoms with Gasteiger partial charge in [0.05, 0.1) is 18.4 Å². The molecule has 194 valence electrons. The maximum absolute atomic E-state index is 13.7. The summed E-state index contributed by atoms with van der Waals surface area (Å²) in [5.41, 5.74) is 2.86. The highest BCUT2D eigenvalue weighted by Crippen LogP contribution is 2.32. The zero-order valence-corrected chi connectivity index (χ0v) is 22.3. The molecule has 2 fully saturated rings. The fourth-order valence-electron chi connectivity index (χ4n) is 4.84. The summed E-state index contributed by atoms with van der Waals surface area (Å²) >= 11 is 0. The molecule has 1 N–H and O–H groups in total. The number of methoxy groups -OCH3 is 1. The van der Waals surface area contributed by atoms with Crippen molar-refractivity contribution >= 4 is 28.9 Å². The Bertz CT molecular complexity index is 1080. The maximum atomic E-state index is 13.7. The van der Waals surface area contributed by atoms with E-state index < -0.39 is 5.41 Å². The molecule has 2 amide bonds. The molecule has 36 heavy (non-hydrogen) atoms. The molecule has 2 aliphatic rings. The average molecular weight is 493 g/mol. The van der Waals surface area contributed by atoms with Crippen molar-refractivity contribution in [3.63, 3.8) is 0 Å². The van der Waals surface area contributed by atoms with Gasteiger partial charge in [-0.3, -0.25) is 9.59 Å². The zero-order valence-electron chi connectivity index (χ0n) is 22.3. The second kappa shape index (κ2) is 10.8. The second-order valence-corrected chi connectivity index (χ2v) is 11.1. The summed E-state index contributed by atoms with van der Waals surface area (Å²) in [5, 5.41) is 3.01. The number of amides is 2. The Hall–Kier alpha value is -3.22. The van der Waals surface area contributed by atoms with E-state index in [1.807, 2.05) is 62.1 Å². The maximum Gasteiger partial charge on any atom is 0.256 e. The molecular formula is C29H40N4O3. The molecule has 0 aliphatic carbocycles. The van der Waals surface area contributed by atoms with Gasteiger partial charge in [-0.05, 0) is 49.1 Å². The number of piperidine rings is 1. The molecule has 4 rings (SSSR count). The number of carbonyl (C=O) groups is 2. The van der Waals surface area contributed by atoms with E-state index >= 15 is 0 Å². The molecule has 0 aromatic heterocycles. The van der Waals surface area contributed by atoms with Gasteiger partial charge in [0.2, 0.25) is 5.91 Å². The first-order valence-corrected chi connectivity index (χ1v) is 13.0. The lowest BCUT2D eigenvalue weighted by atomic mass is 9.95. The number of piperazine rings is 1. The molecule has 0 bridgehead atoms. The van der Waals surface area contributed by atoms with E-state index in [1.54, 1.807) is 7.11 Å². The number of hydrogen-bond acceptors (Lipinski definition) is 5. The van der Waals surface area contributed by atoms with Crippen LogP contribution in [0, 0.1) is 11.3 Å². The van der Waals surface area contributed by atoms with E-state index in [1.165, 1.54) is 0 Å². The van der Waals surface area contributed by atoms with Crippen LogP contribution < -0.4 is 19.9 Å². The monoisotopic (exact) mass is 492 g/mol. The first-order chi connectivity index (χ1) is 17.2. The number of likely N-dealkylation sites (tertiary alicyclic amines) is 1. The quantitative estimate of drug-likeness (QED) is 0.645. The molecular weight excluding hydrogens is 452 g/mol. The Kier molecular flexibility index (Phi) is 7.76. The fourth-order valence-corrected chi connectivity index (χ4v) is 4.84. The van der Waals surface area contributed by atoms with E-state index in [9.17, 15) is 9.59 Å². The smallest absolute Gasteiger partial charge is 0.256 e. The van der Waals surface area contributed by atoms with Crippen LogP contribution in [0.4, 0.5) is 17.1 Å². The van der Waals surface area contributed by atoms with Crippen molar-refractivity contribution in [2.45, 2.75) is 40.5 Å². The average Bonchev–Trinajstić information content (AvgIpc) is 2.88. The number of benzene rings is 2. The predicted octanol–water partition coefficient (Wildman–Crippen LogP) is 4.88. The fraction of sp³-hybridized carbons (Fsp3) is 0.517. The van der Waals surface area contributed by atoms with Crippen molar-refractivity contribution in [3.05, 3.63) is 48.0 Å².